The first-order valence-corrected chi connectivity index (χ1v) is 11.7. The zero-order valence-electron chi connectivity index (χ0n) is 17.0. The van der Waals surface area contributed by atoms with Gasteiger partial charge in [-0.15, -0.1) is 0 Å². The van der Waals surface area contributed by atoms with Crippen LogP contribution in [0.1, 0.15) is 23.7 Å². The van der Waals surface area contributed by atoms with E-state index >= 15 is 0 Å². The Bertz CT molecular complexity index is 1160. The fraction of sp³-hybridized carbons (Fsp3) is 0.250. The van der Waals surface area contributed by atoms with Crippen LogP contribution in [0.15, 0.2) is 71.6 Å². The van der Waals surface area contributed by atoms with Gasteiger partial charge >= 0.3 is 0 Å². The van der Waals surface area contributed by atoms with Gasteiger partial charge < -0.3 is 9.64 Å². The topological polar surface area (TPSA) is 46.6 Å². The van der Waals surface area contributed by atoms with Crippen molar-refractivity contribution in [2.45, 2.75) is 24.0 Å². The van der Waals surface area contributed by atoms with E-state index in [2.05, 4.69) is 18.0 Å². The Morgan fingerprint density at radius 3 is 2.40 bits per heavy atom. The lowest BCUT2D eigenvalue weighted by molar-refractivity contribution is 0.175. The average Bonchev–Trinajstić information content (AvgIpc) is 2.87. The van der Waals surface area contributed by atoms with Gasteiger partial charge in [-0.1, -0.05) is 36.4 Å². The first-order chi connectivity index (χ1) is 14.3. The van der Waals surface area contributed by atoms with E-state index in [0.29, 0.717) is 4.90 Å². The van der Waals surface area contributed by atoms with Crippen molar-refractivity contribution in [2.24, 2.45) is 0 Å². The van der Waals surface area contributed by atoms with Gasteiger partial charge in [0.2, 0.25) is 0 Å². The second kappa shape index (κ2) is 8.20. The molecule has 1 unspecified atom stereocenters. The molecule has 1 heterocycles. The SMILES string of the molecule is CN1CCC(Oc2ccccc2F)c2ccc(-c3ccc(S(C)(=O)=O)cc3)cc2C1. The zero-order chi connectivity index (χ0) is 21.3. The molecular weight excluding hydrogens is 401 g/mol. The predicted octanol–water partition coefficient (Wildman–Crippen LogP) is 4.85. The van der Waals surface area contributed by atoms with Gasteiger partial charge in [0.15, 0.2) is 21.4 Å². The molecule has 3 aromatic rings. The van der Waals surface area contributed by atoms with Gasteiger partial charge in [-0.2, -0.15) is 0 Å². The molecule has 1 aliphatic rings. The number of benzene rings is 3. The Labute approximate surface area is 176 Å². The van der Waals surface area contributed by atoms with Crippen LogP contribution in [-0.2, 0) is 16.4 Å². The third kappa shape index (κ3) is 4.40. The van der Waals surface area contributed by atoms with Gasteiger partial charge in [-0.3, -0.25) is 0 Å². The molecule has 0 amide bonds. The molecular formula is C24H24FNO3S. The summed E-state index contributed by atoms with van der Waals surface area (Å²) in [6.07, 6.45) is 1.74. The number of sulfone groups is 1. The lowest BCUT2D eigenvalue weighted by atomic mass is 9.96. The van der Waals surface area contributed by atoms with E-state index in [1.54, 1.807) is 30.3 Å². The average molecular weight is 426 g/mol. The summed E-state index contributed by atoms with van der Waals surface area (Å²) in [5.41, 5.74) is 4.14. The smallest absolute Gasteiger partial charge is 0.175 e. The summed E-state index contributed by atoms with van der Waals surface area (Å²) >= 11 is 0. The minimum Gasteiger partial charge on any atom is -0.483 e. The molecule has 1 aliphatic heterocycles. The number of ether oxygens (including phenoxy) is 1. The molecule has 0 N–H and O–H groups in total. The maximum absolute atomic E-state index is 14.1. The van der Waals surface area contributed by atoms with Gasteiger partial charge in [0.1, 0.15) is 6.10 Å². The summed E-state index contributed by atoms with van der Waals surface area (Å²) in [4.78, 5) is 2.53. The van der Waals surface area contributed by atoms with Crippen molar-refractivity contribution in [1.82, 2.24) is 4.90 Å². The second-order valence-electron chi connectivity index (χ2n) is 7.77. The standard InChI is InChI=1S/C24H24FNO3S/c1-26-14-13-23(29-24-6-4-3-5-22(24)25)21-12-9-18(15-19(21)16-26)17-7-10-20(11-8-17)30(2,27)28/h3-12,15,23H,13-14,16H2,1-2H3. The van der Waals surface area contributed by atoms with Gasteiger partial charge in [0.05, 0.1) is 4.90 Å². The Morgan fingerprint density at radius 2 is 1.70 bits per heavy atom. The lowest BCUT2D eigenvalue weighted by Crippen LogP contribution is -2.18. The highest BCUT2D eigenvalue weighted by Crippen LogP contribution is 2.34. The summed E-state index contributed by atoms with van der Waals surface area (Å²) < 4.78 is 43.6. The largest absolute Gasteiger partial charge is 0.483 e. The third-order valence-electron chi connectivity index (χ3n) is 5.42. The Kier molecular flexibility index (Phi) is 5.62. The van der Waals surface area contributed by atoms with E-state index in [1.165, 1.54) is 12.3 Å². The summed E-state index contributed by atoms with van der Waals surface area (Å²) in [5, 5.41) is 0. The molecule has 4 rings (SSSR count). The lowest BCUT2D eigenvalue weighted by Gasteiger charge is -2.20. The van der Waals surface area contributed by atoms with E-state index in [9.17, 15) is 12.8 Å². The molecule has 0 saturated carbocycles. The second-order valence-corrected chi connectivity index (χ2v) is 9.79. The van der Waals surface area contributed by atoms with E-state index in [0.717, 1.165) is 41.8 Å². The highest BCUT2D eigenvalue weighted by molar-refractivity contribution is 7.90. The third-order valence-corrected chi connectivity index (χ3v) is 6.55. The van der Waals surface area contributed by atoms with Crippen LogP contribution < -0.4 is 4.74 Å². The number of fused-ring (bicyclic) bond motifs is 1. The Morgan fingerprint density at radius 1 is 1.00 bits per heavy atom. The molecule has 0 radical (unpaired) electrons. The molecule has 1 atom stereocenters. The van der Waals surface area contributed by atoms with Crippen LogP contribution in [0.3, 0.4) is 0 Å². The van der Waals surface area contributed by atoms with E-state index in [1.807, 2.05) is 24.3 Å². The van der Waals surface area contributed by atoms with Crippen LogP contribution in [0.2, 0.25) is 0 Å². The predicted molar refractivity (Wildman–Crippen MR) is 116 cm³/mol. The molecule has 0 aliphatic carbocycles. The van der Waals surface area contributed by atoms with Crippen LogP contribution >= 0.6 is 0 Å². The zero-order valence-corrected chi connectivity index (χ0v) is 17.8. The number of hydrogen-bond donors (Lipinski definition) is 0. The molecule has 0 spiro atoms. The van der Waals surface area contributed by atoms with Gasteiger partial charge in [-0.25, -0.2) is 12.8 Å². The van der Waals surface area contributed by atoms with Crippen LogP contribution in [0, 0.1) is 5.82 Å². The van der Waals surface area contributed by atoms with Crippen molar-refractivity contribution in [3.8, 4) is 16.9 Å². The molecule has 30 heavy (non-hydrogen) atoms. The van der Waals surface area contributed by atoms with Crippen molar-refractivity contribution in [3.63, 3.8) is 0 Å². The molecule has 0 fully saturated rings. The Balaban J connectivity index is 1.68. The van der Waals surface area contributed by atoms with E-state index < -0.39 is 9.84 Å². The minimum absolute atomic E-state index is 0.233. The van der Waals surface area contributed by atoms with E-state index in [4.69, 9.17) is 4.74 Å². The molecule has 6 heteroatoms. The first kappa shape index (κ1) is 20.6. The van der Waals surface area contributed by atoms with Crippen molar-refractivity contribution in [1.29, 1.82) is 0 Å². The van der Waals surface area contributed by atoms with Gasteiger partial charge in [0.25, 0.3) is 0 Å². The minimum atomic E-state index is -3.22. The molecule has 0 saturated heterocycles. The highest BCUT2D eigenvalue weighted by atomic mass is 32.2. The maximum atomic E-state index is 14.1. The van der Waals surface area contributed by atoms with Crippen LogP contribution in [-0.4, -0.2) is 33.2 Å². The summed E-state index contributed by atoms with van der Waals surface area (Å²) in [6, 6.07) is 19.6. The monoisotopic (exact) mass is 425 g/mol. The van der Waals surface area contributed by atoms with Crippen molar-refractivity contribution >= 4 is 9.84 Å². The highest BCUT2D eigenvalue weighted by Gasteiger charge is 2.24. The van der Waals surface area contributed by atoms with E-state index in [-0.39, 0.29) is 17.7 Å². The summed E-state index contributed by atoms with van der Waals surface area (Å²) in [5.74, 6) is -0.0994. The van der Waals surface area contributed by atoms with Crippen molar-refractivity contribution < 1.29 is 17.5 Å². The number of halogens is 1. The summed E-state index contributed by atoms with van der Waals surface area (Å²) in [7, 11) is -1.16. The quantitative estimate of drug-likeness (QED) is 0.599. The molecule has 4 nitrogen and oxygen atoms in total. The summed E-state index contributed by atoms with van der Waals surface area (Å²) in [6.45, 7) is 1.61. The van der Waals surface area contributed by atoms with Crippen LogP contribution in [0.4, 0.5) is 4.39 Å². The first-order valence-electron chi connectivity index (χ1n) is 9.84. The van der Waals surface area contributed by atoms with Crippen LogP contribution in [0.25, 0.3) is 11.1 Å². The normalized spacial score (nSPS) is 17.2. The number of hydrogen-bond acceptors (Lipinski definition) is 4. The van der Waals surface area contributed by atoms with Crippen LogP contribution in [0.5, 0.6) is 5.75 Å². The molecule has 3 aromatic carbocycles. The van der Waals surface area contributed by atoms with Crippen molar-refractivity contribution in [3.05, 3.63) is 83.7 Å². The fourth-order valence-electron chi connectivity index (χ4n) is 3.81. The molecule has 0 aromatic heterocycles. The van der Waals surface area contributed by atoms with Gasteiger partial charge in [0, 0.05) is 25.8 Å². The van der Waals surface area contributed by atoms with Crippen molar-refractivity contribution in [2.75, 3.05) is 19.8 Å². The Hall–Kier alpha value is -2.70. The number of nitrogens with zero attached hydrogens (tertiary/aromatic N) is 1. The maximum Gasteiger partial charge on any atom is 0.175 e. The fourth-order valence-corrected chi connectivity index (χ4v) is 4.44. The van der Waals surface area contributed by atoms with Gasteiger partial charge in [-0.05, 0) is 59.6 Å². The number of para-hydroxylation sites is 1. The molecule has 156 valence electrons. The molecule has 0 bridgehead atoms. The number of rotatable bonds is 4.